The highest BCUT2D eigenvalue weighted by molar-refractivity contribution is 6.00. The van der Waals surface area contributed by atoms with Crippen molar-refractivity contribution in [1.82, 2.24) is 9.97 Å². The van der Waals surface area contributed by atoms with Gasteiger partial charge in [0.15, 0.2) is 11.5 Å². The molecule has 1 aliphatic rings. The molecule has 2 aromatic heterocycles. The molecule has 0 aliphatic heterocycles. The number of carbonyl (C=O) groups excluding carboxylic acids is 2. The quantitative estimate of drug-likeness (QED) is 0.825. The highest BCUT2D eigenvalue weighted by atomic mass is 16.5. The van der Waals surface area contributed by atoms with E-state index in [1.807, 2.05) is 6.07 Å². The first-order valence-corrected chi connectivity index (χ1v) is 6.16. The molecule has 0 bridgehead atoms. The van der Waals surface area contributed by atoms with Crippen LogP contribution >= 0.6 is 0 Å². The van der Waals surface area contributed by atoms with E-state index in [2.05, 4.69) is 20.0 Å². The van der Waals surface area contributed by atoms with E-state index in [1.165, 1.54) is 13.4 Å². The van der Waals surface area contributed by atoms with E-state index in [9.17, 15) is 9.59 Å². The lowest BCUT2D eigenvalue weighted by Gasteiger charge is -2.03. The summed E-state index contributed by atoms with van der Waals surface area (Å²) in [6.45, 7) is 0. The summed E-state index contributed by atoms with van der Waals surface area (Å²) in [7, 11) is 1.27. The van der Waals surface area contributed by atoms with Crippen LogP contribution in [0.1, 0.15) is 28.6 Å². The predicted molar refractivity (Wildman–Crippen MR) is 68.1 cm³/mol. The molecule has 1 saturated carbocycles. The lowest BCUT2D eigenvalue weighted by atomic mass is 10.2. The van der Waals surface area contributed by atoms with Gasteiger partial charge in [-0.05, 0) is 18.6 Å². The number of H-pyrrole nitrogens is 1. The van der Waals surface area contributed by atoms with E-state index >= 15 is 0 Å². The number of ether oxygens (including phenoxy) is 1. The van der Waals surface area contributed by atoms with Crippen LogP contribution in [0.4, 0.5) is 5.82 Å². The third-order valence-corrected chi connectivity index (χ3v) is 3.31. The summed E-state index contributed by atoms with van der Waals surface area (Å²) in [6.07, 6.45) is 3.65. The Hall–Kier alpha value is -2.57. The number of hydrogen-bond acceptors (Lipinski definition) is 5. The average molecular weight is 275 g/mol. The van der Waals surface area contributed by atoms with Crippen molar-refractivity contribution in [3.05, 3.63) is 36.2 Å². The fourth-order valence-corrected chi connectivity index (χ4v) is 2.16. The minimum Gasteiger partial charge on any atom is -0.469 e. The molecule has 104 valence electrons. The van der Waals surface area contributed by atoms with Crippen LogP contribution in [-0.4, -0.2) is 29.0 Å². The number of carbonyl (C=O) groups is 2. The number of furan rings is 1. The van der Waals surface area contributed by atoms with Crippen molar-refractivity contribution in [3.8, 4) is 0 Å². The molecule has 2 heterocycles. The molecule has 2 atom stereocenters. The summed E-state index contributed by atoms with van der Waals surface area (Å²) >= 11 is 0. The molecule has 7 nitrogen and oxygen atoms in total. The van der Waals surface area contributed by atoms with Crippen LogP contribution in [0.2, 0.25) is 0 Å². The lowest BCUT2D eigenvalue weighted by molar-refractivity contribution is -0.117. The zero-order chi connectivity index (χ0) is 14.1. The topological polar surface area (TPSA) is 97.2 Å². The van der Waals surface area contributed by atoms with Crippen LogP contribution < -0.4 is 5.32 Å². The minimum absolute atomic E-state index is 0.102. The third kappa shape index (κ3) is 2.18. The first-order chi connectivity index (χ1) is 9.70. The zero-order valence-electron chi connectivity index (χ0n) is 10.8. The van der Waals surface area contributed by atoms with Gasteiger partial charge >= 0.3 is 5.97 Å². The number of aromatic amines is 1. The van der Waals surface area contributed by atoms with Crippen LogP contribution in [0.3, 0.4) is 0 Å². The largest absolute Gasteiger partial charge is 0.469 e. The number of rotatable bonds is 4. The lowest BCUT2D eigenvalue weighted by Crippen LogP contribution is -2.17. The van der Waals surface area contributed by atoms with Crippen molar-refractivity contribution in [2.24, 2.45) is 5.92 Å². The van der Waals surface area contributed by atoms with Gasteiger partial charge in [-0.3, -0.25) is 4.79 Å². The first kappa shape index (κ1) is 12.5. The van der Waals surface area contributed by atoms with Gasteiger partial charge in [0.25, 0.3) is 0 Å². The monoisotopic (exact) mass is 275 g/mol. The van der Waals surface area contributed by atoms with E-state index in [-0.39, 0.29) is 29.3 Å². The van der Waals surface area contributed by atoms with Gasteiger partial charge in [0, 0.05) is 11.8 Å². The number of hydrogen-bond donors (Lipinski definition) is 2. The summed E-state index contributed by atoms with van der Waals surface area (Å²) in [5.41, 5.74) is 0.135. The molecule has 2 aromatic rings. The standard InChI is InChI=1S/C13H13N3O4/c1-19-13(18)10-11(15-6-14-10)16-12(17)8-5-7(8)9-3-2-4-20-9/h2-4,6-8H,5H2,1H3,(H,14,15)(H,16,17)/t7-,8-/m1/s1. The Morgan fingerprint density at radius 3 is 3.10 bits per heavy atom. The van der Waals surface area contributed by atoms with Crippen LogP contribution in [0.25, 0.3) is 0 Å². The molecule has 2 N–H and O–H groups in total. The number of methoxy groups -OCH3 is 1. The van der Waals surface area contributed by atoms with Crippen molar-refractivity contribution in [2.75, 3.05) is 12.4 Å². The molecular formula is C13H13N3O4. The molecule has 7 heteroatoms. The van der Waals surface area contributed by atoms with E-state index in [4.69, 9.17) is 4.42 Å². The Bertz CT molecular complexity index is 632. The molecule has 0 saturated heterocycles. The number of nitrogens with one attached hydrogen (secondary N) is 2. The van der Waals surface area contributed by atoms with Crippen LogP contribution in [0.5, 0.6) is 0 Å². The maximum absolute atomic E-state index is 12.1. The van der Waals surface area contributed by atoms with E-state index in [0.29, 0.717) is 0 Å². The van der Waals surface area contributed by atoms with Gasteiger partial charge < -0.3 is 19.5 Å². The Labute approximate surface area is 114 Å². The predicted octanol–water partition coefficient (Wildman–Crippen LogP) is 1.53. The molecule has 0 aromatic carbocycles. The van der Waals surface area contributed by atoms with Gasteiger partial charge in [-0.1, -0.05) is 0 Å². The van der Waals surface area contributed by atoms with Crippen molar-refractivity contribution < 1.29 is 18.7 Å². The normalized spacial score (nSPS) is 20.4. The van der Waals surface area contributed by atoms with Gasteiger partial charge in [-0.15, -0.1) is 0 Å². The number of aromatic nitrogens is 2. The fourth-order valence-electron chi connectivity index (χ4n) is 2.16. The van der Waals surface area contributed by atoms with E-state index < -0.39 is 5.97 Å². The number of imidazole rings is 1. The number of anilines is 1. The molecule has 20 heavy (non-hydrogen) atoms. The van der Waals surface area contributed by atoms with Crippen LogP contribution in [-0.2, 0) is 9.53 Å². The smallest absolute Gasteiger partial charge is 0.358 e. The second kappa shape index (κ2) is 4.84. The van der Waals surface area contributed by atoms with Crippen molar-refractivity contribution in [3.63, 3.8) is 0 Å². The van der Waals surface area contributed by atoms with Gasteiger partial charge in [0.05, 0.1) is 19.7 Å². The highest BCUT2D eigenvalue weighted by Gasteiger charge is 2.46. The molecule has 1 amide bonds. The summed E-state index contributed by atoms with van der Waals surface area (Å²) in [4.78, 5) is 30.1. The molecule has 1 fully saturated rings. The van der Waals surface area contributed by atoms with Gasteiger partial charge in [0.1, 0.15) is 5.76 Å². The summed E-state index contributed by atoms with van der Waals surface area (Å²) < 4.78 is 9.87. The third-order valence-electron chi connectivity index (χ3n) is 3.31. The SMILES string of the molecule is COC(=O)c1[nH]cnc1NC(=O)[C@@H]1C[C@H]1c1ccco1. The summed E-state index contributed by atoms with van der Waals surface area (Å²) in [5.74, 6) is 0.195. The van der Waals surface area contributed by atoms with E-state index in [0.717, 1.165) is 12.2 Å². The van der Waals surface area contributed by atoms with Gasteiger partial charge in [0.2, 0.25) is 5.91 Å². The van der Waals surface area contributed by atoms with Crippen LogP contribution in [0, 0.1) is 5.92 Å². The Balaban J connectivity index is 1.66. The molecule has 1 aliphatic carbocycles. The fraction of sp³-hybridized carbons (Fsp3) is 0.308. The molecule has 3 rings (SSSR count). The average Bonchev–Trinajstić information content (AvgIpc) is 2.89. The molecular weight excluding hydrogens is 262 g/mol. The minimum atomic E-state index is -0.573. The second-order valence-corrected chi connectivity index (χ2v) is 4.57. The Kier molecular flexibility index (Phi) is 3.02. The summed E-state index contributed by atoms with van der Waals surface area (Å²) in [5, 5.41) is 2.64. The first-order valence-electron chi connectivity index (χ1n) is 6.16. The van der Waals surface area contributed by atoms with Gasteiger partial charge in [-0.2, -0.15) is 0 Å². The maximum atomic E-state index is 12.1. The van der Waals surface area contributed by atoms with Crippen LogP contribution in [0.15, 0.2) is 29.1 Å². The molecule has 0 unspecified atom stereocenters. The maximum Gasteiger partial charge on any atom is 0.358 e. The molecule has 0 spiro atoms. The second-order valence-electron chi connectivity index (χ2n) is 4.57. The Morgan fingerprint density at radius 2 is 2.40 bits per heavy atom. The summed E-state index contributed by atoms with van der Waals surface area (Å²) in [6, 6.07) is 3.65. The molecule has 0 radical (unpaired) electrons. The van der Waals surface area contributed by atoms with Crippen molar-refractivity contribution in [2.45, 2.75) is 12.3 Å². The number of nitrogens with zero attached hydrogens (tertiary/aromatic N) is 1. The number of esters is 1. The zero-order valence-corrected chi connectivity index (χ0v) is 10.8. The van der Waals surface area contributed by atoms with E-state index in [1.54, 1.807) is 12.3 Å². The highest BCUT2D eigenvalue weighted by Crippen LogP contribution is 2.48. The van der Waals surface area contributed by atoms with Crippen molar-refractivity contribution in [1.29, 1.82) is 0 Å². The van der Waals surface area contributed by atoms with Gasteiger partial charge in [-0.25, -0.2) is 9.78 Å². The number of amides is 1. The van der Waals surface area contributed by atoms with Crippen molar-refractivity contribution >= 4 is 17.7 Å². The Morgan fingerprint density at radius 1 is 1.55 bits per heavy atom.